The van der Waals surface area contributed by atoms with Crippen molar-refractivity contribution in [2.75, 3.05) is 0 Å². The van der Waals surface area contributed by atoms with E-state index in [9.17, 15) is 5.11 Å². The predicted octanol–water partition coefficient (Wildman–Crippen LogP) is 10.2. The first-order chi connectivity index (χ1) is 19.9. The number of aliphatic hydroxyl groups is 1. The van der Waals surface area contributed by atoms with E-state index in [1.165, 1.54) is 33.4 Å². The second kappa shape index (κ2) is 16.0. The van der Waals surface area contributed by atoms with E-state index in [1.54, 1.807) is 0 Å². The summed E-state index contributed by atoms with van der Waals surface area (Å²) in [4.78, 5) is 0. The first kappa shape index (κ1) is 37.4. The lowest BCUT2D eigenvalue weighted by molar-refractivity contribution is 0.0655. The molecule has 0 spiro atoms. The molecule has 0 saturated heterocycles. The summed E-state index contributed by atoms with van der Waals surface area (Å²) in [7, 11) is -2.57. The molecule has 240 valence electrons. The van der Waals surface area contributed by atoms with Gasteiger partial charge in [0.1, 0.15) is 0 Å². The van der Waals surface area contributed by atoms with Gasteiger partial charge in [0.15, 0.2) is 18.1 Å². The van der Waals surface area contributed by atoms with E-state index in [4.69, 9.17) is 8.85 Å². The highest BCUT2D eigenvalue weighted by Gasteiger charge is 2.36. The molecule has 5 heteroatoms. The van der Waals surface area contributed by atoms with Gasteiger partial charge < -0.3 is 14.0 Å². The van der Waals surface area contributed by atoms with Gasteiger partial charge in [-0.2, -0.15) is 0 Å². The van der Waals surface area contributed by atoms with Gasteiger partial charge in [0.25, 0.3) is 0 Å². The third kappa shape index (κ3) is 11.6. The van der Waals surface area contributed by atoms with E-state index in [1.807, 2.05) is 26.0 Å². The van der Waals surface area contributed by atoms with Crippen LogP contribution in [0.5, 0.6) is 0 Å². The Labute approximate surface area is 268 Å². The van der Waals surface area contributed by atoms with E-state index >= 15 is 0 Å². The Morgan fingerprint density at radius 2 is 1.28 bits per heavy atom. The van der Waals surface area contributed by atoms with Crippen LogP contribution < -0.4 is 0 Å². The molecule has 3 nitrogen and oxygen atoms in total. The first-order valence-corrected chi connectivity index (χ1v) is 22.1. The Morgan fingerprint density at radius 3 is 1.77 bits per heavy atom. The van der Waals surface area contributed by atoms with E-state index in [-0.39, 0.29) is 23.0 Å². The van der Waals surface area contributed by atoms with Crippen LogP contribution in [0, 0.1) is 10.8 Å². The minimum atomic E-state index is -1.30. The van der Waals surface area contributed by atoms with E-state index in [2.05, 4.69) is 123 Å². The van der Waals surface area contributed by atoms with Crippen LogP contribution in [0.1, 0.15) is 115 Å². The Bertz CT molecular complexity index is 1210. The second-order valence-electron chi connectivity index (χ2n) is 15.0. The third-order valence-corrected chi connectivity index (χ3v) is 9.80. The van der Waals surface area contributed by atoms with Crippen LogP contribution in [0.25, 0.3) is 5.57 Å². The molecule has 2 rings (SSSR count). The minimum Gasteiger partial charge on any atom is -0.413 e. The summed E-state index contributed by atoms with van der Waals surface area (Å²) in [6.45, 7) is 29.1. The molecule has 0 amide bonds. The van der Waals surface area contributed by atoms with Crippen LogP contribution in [-0.4, -0.2) is 28.8 Å². The van der Waals surface area contributed by atoms with Gasteiger partial charge >= 0.3 is 0 Å². The molecule has 0 heterocycles. The molecule has 0 fully saturated rings. The number of benzene rings is 2. The summed E-state index contributed by atoms with van der Waals surface area (Å²) in [5.74, 6) is 0. The molecule has 2 unspecified atom stereocenters. The molecular weight excluding hydrogens is 561 g/mol. The van der Waals surface area contributed by atoms with Crippen LogP contribution in [0.15, 0.2) is 60.7 Å². The number of hydrogen-bond donors (Lipinski definition) is 1. The third-order valence-electron chi connectivity index (χ3n) is 8.17. The van der Waals surface area contributed by atoms with Crippen molar-refractivity contribution < 1.29 is 14.0 Å². The standard InChI is InChI=1S/C38H62O3Si2/c1-14-38(39,15-2)25-17-18-28(3)31-20-16-19-29(26-31)21-22-30-23-24-32(34(36(4,5)6)40-42(10)11)33(27-30)35(37(7,8)9)41-43(12)13/h16-20,23-27,34-35,39,42-43H,14-15,21-22H2,1-13H3/b25-17+,28-18+. The fourth-order valence-electron chi connectivity index (χ4n) is 5.49. The highest BCUT2D eigenvalue weighted by Crippen LogP contribution is 2.45. The smallest absolute Gasteiger partial charge is 0.171 e. The Kier molecular flexibility index (Phi) is 13.9. The monoisotopic (exact) mass is 622 g/mol. The molecule has 0 aliphatic rings. The molecule has 1 N–H and O–H groups in total. The van der Waals surface area contributed by atoms with Crippen molar-refractivity contribution in [3.8, 4) is 0 Å². The minimum absolute atomic E-state index is 0.0159. The van der Waals surface area contributed by atoms with Crippen LogP contribution in [0.3, 0.4) is 0 Å². The summed E-state index contributed by atoms with van der Waals surface area (Å²) >= 11 is 0. The Balaban J connectivity index is 2.44. The highest BCUT2D eigenvalue weighted by atomic mass is 28.3. The maximum atomic E-state index is 10.6. The SMILES string of the molecule is CCC(O)(/C=C/C=C(\C)c1cccc(CCc2ccc(C(O[SiH](C)C)C(C)(C)C)c(C(O[SiH](C)C)C(C)(C)C)c2)c1)CC. The molecule has 0 aliphatic carbocycles. The molecular formula is C38H62O3Si2. The summed E-state index contributed by atoms with van der Waals surface area (Å²) in [6, 6.07) is 16.0. The topological polar surface area (TPSA) is 38.7 Å². The van der Waals surface area contributed by atoms with Gasteiger partial charge in [-0.25, -0.2) is 0 Å². The molecule has 2 aromatic rings. The molecule has 0 bridgehead atoms. The maximum Gasteiger partial charge on any atom is 0.171 e. The summed E-state index contributed by atoms with van der Waals surface area (Å²) < 4.78 is 13.5. The van der Waals surface area contributed by atoms with Crippen LogP contribution in [0.2, 0.25) is 26.2 Å². The lowest BCUT2D eigenvalue weighted by Gasteiger charge is -2.39. The van der Waals surface area contributed by atoms with Gasteiger partial charge in [-0.3, -0.25) is 0 Å². The largest absolute Gasteiger partial charge is 0.413 e. The van der Waals surface area contributed by atoms with Gasteiger partial charge in [-0.1, -0.05) is 116 Å². The molecule has 0 aromatic heterocycles. The molecule has 2 atom stereocenters. The van der Waals surface area contributed by atoms with E-state index in [0.29, 0.717) is 0 Å². The summed E-state index contributed by atoms with van der Waals surface area (Å²) in [5, 5.41) is 10.6. The lowest BCUT2D eigenvalue weighted by atomic mass is 9.77. The molecule has 0 radical (unpaired) electrons. The number of aryl methyl sites for hydroxylation is 2. The van der Waals surface area contributed by atoms with Crippen LogP contribution >= 0.6 is 0 Å². The van der Waals surface area contributed by atoms with Gasteiger partial charge in [0, 0.05) is 0 Å². The van der Waals surface area contributed by atoms with Crippen molar-refractivity contribution in [2.24, 2.45) is 10.8 Å². The van der Waals surface area contributed by atoms with Crippen molar-refractivity contribution >= 4 is 23.7 Å². The number of rotatable bonds is 14. The predicted molar refractivity (Wildman–Crippen MR) is 193 cm³/mol. The average Bonchev–Trinajstić information content (AvgIpc) is 2.92. The van der Waals surface area contributed by atoms with Crippen molar-refractivity contribution in [3.63, 3.8) is 0 Å². The van der Waals surface area contributed by atoms with Crippen LogP contribution in [0.4, 0.5) is 0 Å². The van der Waals surface area contributed by atoms with Gasteiger partial charge in [0.05, 0.1) is 17.8 Å². The van der Waals surface area contributed by atoms with Gasteiger partial charge in [-0.05, 0) is 103 Å². The van der Waals surface area contributed by atoms with Crippen molar-refractivity contribution in [2.45, 2.75) is 132 Å². The fraction of sp³-hybridized carbons (Fsp3) is 0.579. The maximum absolute atomic E-state index is 10.6. The second-order valence-corrected chi connectivity index (χ2v) is 19.8. The van der Waals surface area contributed by atoms with Crippen molar-refractivity contribution in [1.82, 2.24) is 0 Å². The lowest BCUT2D eigenvalue weighted by Crippen LogP contribution is -2.31. The Hall–Kier alpha value is -1.77. The number of allylic oxidation sites excluding steroid dienone is 3. The zero-order valence-corrected chi connectivity index (χ0v) is 32.0. The Morgan fingerprint density at radius 1 is 0.767 bits per heavy atom. The molecule has 0 aliphatic heterocycles. The van der Waals surface area contributed by atoms with Crippen molar-refractivity contribution in [3.05, 3.63) is 88.5 Å². The van der Waals surface area contributed by atoms with Crippen molar-refractivity contribution in [1.29, 1.82) is 0 Å². The summed E-state index contributed by atoms with van der Waals surface area (Å²) in [6.07, 6.45) is 9.48. The normalized spacial score (nSPS) is 15.1. The fourth-order valence-corrected chi connectivity index (χ4v) is 7.69. The zero-order chi connectivity index (χ0) is 32.6. The molecule has 2 aromatic carbocycles. The number of hydrogen-bond acceptors (Lipinski definition) is 3. The quantitative estimate of drug-likeness (QED) is 0.168. The van der Waals surface area contributed by atoms with Crippen LogP contribution in [-0.2, 0) is 21.7 Å². The van der Waals surface area contributed by atoms with Gasteiger partial charge in [0.2, 0.25) is 0 Å². The molecule has 43 heavy (non-hydrogen) atoms. The zero-order valence-electron chi connectivity index (χ0n) is 29.7. The van der Waals surface area contributed by atoms with Gasteiger partial charge in [-0.15, -0.1) is 0 Å². The van der Waals surface area contributed by atoms with E-state index < -0.39 is 23.7 Å². The average molecular weight is 623 g/mol. The van der Waals surface area contributed by atoms with E-state index in [0.717, 1.165) is 25.7 Å². The molecule has 0 saturated carbocycles. The summed E-state index contributed by atoms with van der Waals surface area (Å²) in [5.41, 5.74) is 6.92. The highest BCUT2D eigenvalue weighted by molar-refractivity contribution is 6.48. The first-order valence-electron chi connectivity index (χ1n) is 16.5.